The van der Waals surface area contributed by atoms with Crippen molar-refractivity contribution in [2.75, 3.05) is 18.1 Å². The molecule has 1 aromatic carbocycles. The summed E-state index contributed by atoms with van der Waals surface area (Å²) in [5.74, 6) is -1.22. The first kappa shape index (κ1) is 13.4. The topological polar surface area (TPSA) is 46.2 Å². The van der Waals surface area contributed by atoms with E-state index >= 15 is 0 Å². The van der Waals surface area contributed by atoms with Crippen LogP contribution in [0.4, 0.5) is 8.78 Å². The fraction of sp³-hybridized carbons (Fsp3) is 0.500. The SMILES string of the molecule is O=S1(=O)CCC(CNCc2cccc(F)c2F)C1. The van der Waals surface area contributed by atoms with Gasteiger partial charge in [0.05, 0.1) is 11.5 Å². The van der Waals surface area contributed by atoms with Gasteiger partial charge in [-0.3, -0.25) is 0 Å². The van der Waals surface area contributed by atoms with E-state index in [1.54, 1.807) is 0 Å². The Morgan fingerprint density at radius 1 is 1.33 bits per heavy atom. The Morgan fingerprint density at radius 2 is 2.11 bits per heavy atom. The average molecular weight is 275 g/mol. The molecule has 1 heterocycles. The number of rotatable bonds is 4. The van der Waals surface area contributed by atoms with Crippen LogP contribution in [0.5, 0.6) is 0 Å². The van der Waals surface area contributed by atoms with E-state index in [2.05, 4.69) is 5.32 Å². The molecule has 0 amide bonds. The maximum absolute atomic E-state index is 13.3. The Hall–Kier alpha value is -1.01. The number of halogens is 2. The van der Waals surface area contributed by atoms with E-state index in [0.29, 0.717) is 13.0 Å². The minimum Gasteiger partial charge on any atom is -0.312 e. The molecule has 6 heteroatoms. The van der Waals surface area contributed by atoms with E-state index in [1.165, 1.54) is 12.1 Å². The second-order valence-electron chi connectivity index (χ2n) is 4.61. The summed E-state index contributed by atoms with van der Waals surface area (Å²) in [6.07, 6.45) is 0.640. The molecule has 1 fully saturated rings. The Kier molecular flexibility index (Phi) is 3.97. The number of hydrogen-bond acceptors (Lipinski definition) is 3. The van der Waals surface area contributed by atoms with Crippen LogP contribution in [-0.2, 0) is 16.4 Å². The molecule has 18 heavy (non-hydrogen) atoms. The molecule has 0 saturated carbocycles. The minimum atomic E-state index is -2.88. The van der Waals surface area contributed by atoms with Crippen LogP contribution in [0.1, 0.15) is 12.0 Å². The molecule has 1 aliphatic rings. The summed E-state index contributed by atoms with van der Waals surface area (Å²) in [5.41, 5.74) is 0.260. The van der Waals surface area contributed by atoms with Crippen LogP contribution in [0, 0.1) is 17.6 Å². The Bertz CT molecular complexity index is 531. The van der Waals surface area contributed by atoms with Crippen molar-refractivity contribution in [3.05, 3.63) is 35.4 Å². The number of sulfone groups is 1. The minimum absolute atomic E-state index is 0.0756. The third-order valence-electron chi connectivity index (χ3n) is 3.11. The maximum Gasteiger partial charge on any atom is 0.163 e. The van der Waals surface area contributed by atoms with Crippen molar-refractivity contribution in [2.45, 2.75) is 13.0 Å². The van der Waals surface area contributed by atoms with Gasteiger partial charge in [-0.15, -0.1) is 0 Å². The van der Waals surface area contributed by atoms with Crippen molar-refractivity contribution in [3.8, 4) is 0 Å². The van der Waals surface area contributed by atoms with Gasteiger partial charge in [0.2, 0.25) is 0 Å². The zero-order valence-electron chi connectivity index (χ0n) is 9.83. The van der Waals surface area contributed by atoms with Crippen LogP contribution in [0.2, 0.25) is 0 Å². The van der Waals surface area contributed by atoms with Crippen molar-refractivity contribution < 1.29 is 17.2 Å². The molecule has 1 atom stereocenters. The molecule has 0 aromatic heterocycles. The number of benzene rings is 1. The first-order valence-electron chi connectivity index (χ1n) is 5.82. The lowest BCUT2D eigenvalue weighted by Crippen LogP contribution is -2.23. The third kappa shape index (κ3) is 3.26. The highest BCUT2D eigenvalue weighted by molar-refractivity contribution is 7.91. The second-order valence-corrected chi connectivity index (χ2v) is 6.84. The highest BCUT2D eigenvalue weighted by atomic mass is 32.2. The lowest BCUT2D eigenvalue weighted by Gasteiger charge is -2.10. The Morgan fingerprint density at radius 3 is 2.78 bits per heavy atom. The van der Waals surface area contributed by atoms with Crippen LogP contribution in [0.15, 0.2) is 18.2 Å². The smallest absolute Gasteiger partial charge is 0.163 e. The van der Waals surface area contributed by atoms with Gasteiger partial charge in [-0.05, 0) is 24.9 Å². The highest BCUT2D eigenvalue weighted by Gasteiger charge is 2.27. The lowest BCUT2D eigenvalue weighted by molar-refractivity contribution is 0.480. The Balaban J connectivity index is 1.84. The summed E-state index contributed by atoms with van der Waals surface area (Å²) in [4.78, 5) is 0. The fourth-order valence-electron chi connectivity index (χ4n) is 2.13. The normalized spacial score (nSPS) is 22.2. The average Bonchev–Trinajstić information content (AvgIpc) is 2.64. The third-order valence-corrected chi connectivity index (χ3v) is 4.94. The molecule has 0 bridgehead atoms. The fourth-order valence-corrected chi connectivity index (χ4v) is 3.99. The summed E-state index contributed by atoms with van der Waals surface area (Å²) in [6.45, 7) is 0.718. The van der Waals surface area contributed by atoms with Crippen LogP contribution in [-0.4, -0.2) is 26.5 Å². The van der Waals surface area contributed by atoms with E-state index in [9.17, 15) is 17.2 Å². The van der Waals surface area contributed by atoms with Crippen LogP contribution < -0.4 is 5.32 Å². The first-order valence-corrected chi connectivity index (χ1v) is 7.64. The first-order chi connectivity index (χ1) is 8.48. The standard InChI is InChI=1S/C12H15F2NO2S/c13-11-3-1-2-10(12(11)14)7-15-6-9-4-5-18(16,17)8-9/h1-3,9,15H,4-8H2. The van der Waals surface area contributed by atoms with E-state index in [0.717, 1.165) is 6.07 Å². The molecule has 0 radical (unpaired) electrons. The summed E-state index contributed by atoms with van der Waals surface area (Å²) < 4.78 is 48.7. The van der Waals surface area contributed by atoms with Crippen LogP contribution in [0.3, 0.4) is 0 Å². The quantitative estimate of drug-likeness (QED) is 0.905. The lowest BCUT2D eigenvalue weighted by atomic mass is 10.1. The van der Waals surface area contributed by atoms with Gasteiger partial charge in [-0.1, -0.05) is 12.1 Å². The van der Waals surface area contributed by atoms with Gasteiger partial charge in [0.25, 0.3) is 0 Å². The maximum atomic E-state index is 13.3. The molecule has 1 aromatic rings. The monoisotopic (exact) mass is 275 g/mol. The van der Waals surface area contributed by atoms with Gasteiger partial charge in [0, 0.05) is 12.1 Å². The summed E-state index contributed by atoms with van der Waals surface area (Å²) in [6, 6.07) is 4.04. The predicted molar refractivity (Wildman–Crippen MR) is 64.8 cm³/mol. The molecule has 0 spiro atoms. The summed E-state index contributed by atoms with van der Waals surface area (Å²) >= 11 is 0. The van der Waals surface area contributed by atoms with Gasteiger partial charge in [-0.25, -0.2) is 17.2 Å². The highest BCUT2D eigenvalue weighted by Crippen LogP contribution is 2.17. The van der Waals surface area contributed by atoms with E-state index in [1.807, 2.05) is 0 Å². The van der Waals surface area contributed by atoms with Crippen molar-refractivity contribution in [1.29, 1.82) is 0 Å². The zero-order valence-corrected chi connectivity index (χ0v) is 10.6. The van der Waals surface area contributed by atoms with Crippen molar-refractivity contribution >= 4 is 9.84 Å². The predicted octanol–water partition coefficient (Wildman–Crippen LogP) is 1.49. The van der Waals surface area contributed by atoms with Crippen LogP contribution >= 0.6 is 0 Å². The van der Waals surface area contributed by atoms with Gasteiger partial charge >= 0.3 is 0 Å². The molecule has 1 N–H and O–H groups in total. The van der Waals surface area contributed by atoms with Crippen molar-refractivity contribution in [2.24, 2.45) is 5.92 Å². The summed E-state index contributed by atoms with van der Waals surface area (Å²) in [5, 5.41) is 2.98. The van der Waals surface area contributed by atoms with Gasteiger partial charge in [0.15, 0.2) is 21.5 Å². The second kappa shape index (κ2) is 5.32. The van der Waals surface area contributed by atoms with E-state index in [4.69, 9.17) is 0 Å². The number of nitrogens with one attached hydrogen (secondary N) is 1. The molecule has 0 aliphatic carbocycles. The van der Waals surface area contributed by atoms with Crippen molar-refractivity contribution in [1.82, 2.24) is 5.32 Å². The molecular weight excluding hydrogens is 260 g/mol. The largest absolute Gasteiger partial charge is 0.312 e. The molecule has 1 aliphatic heterocycles. The Labute approximate surface area is 105 Å². The van der Waals surface area contributed by atoms with E-state index < -0.39 is 21.5 Å². The molecule has 1 saturated heterocycles. The molecule has 3 nitrogen and oxygen atoms in total. The van der Waals surface area contributed by atoms with Crippen molar-refractivity contribution in [3.63, 3.8) is 0 Å². The summed E-state index contributed by atoms with van der Waals surface area (Å²) in [7, 11) is -2.88. The van der Waals surface area contributed by atoms with Crippen LogP contribution in [0.25, 0.3) is 0 Å². The molecular formula is C12H15F2NO2S. The van der Waals surface area contributed by atoms with Gasteiger partial charge < -0.3 is 5.32 Å². The zero-order chi connectivity index (χ0) is 13.2. The molecule has 2 rings (SSSR count). The molecule has 1 unspecified atom stereocenters. The van der Waals surface area contributed by atoms with Gasteiger partial charge in [-0.2, -0.15) is 0 Å². The number of hydrogen-bond donors (Lipinski definition) is 1. The van der Waals surface area contributed by atoms with Gasteiger partial charge in [0.1, 0.15) is 0 Å². The molecule has 100 valence electrons. The van der Waals surface area contributed by atoms with E-state index in [-0.39, 0.29) is 29.5 Å².